The molecule has 1 rings (SSSR count). The zero-order valence-corrected chi connectivity index (χ0v) is 13.3. The maximum atomic E-state index is 10.9. The van der Waals surface area contributed by atoms with Crippen LogP contribution < -0.4 is 21.1 Å². The van der Waals surface area contributed by atoms with E-state index in [4.69, 9.17) is 12.2 Å². The van der Waals surface area contributed by atoms with E-state index >= 15 is 0 Å². The second-order valence-electron chi connectivity index (χ2n) is 5.45. The smallest absolute Gasteiger partial charge is 0.217 e. The second-order valence-corrected chi connectivity index (χ2v) is 5.86. The Kier molecular flexibility index (Phi) is 8.04. The number of hydrogen-bond acceptors (Lipinski definition) is 4. The summed E-state index contributed by atoms with van der Waals surface area (Å²) in [5.74, 6) is -1.63. The molecule has 1 atom stereocenters. The molecule has 0 aliphatic heterocycles. The highest BCUT2D eigenvalue weighted by Crippen LogP contribution is 2.17. The van der Waals surface area contributed by atoms with Gasteiger partial charge in [-0.25, -0.2) is 0 Å². The summed E-state index contributed by atoms with van der Waals surface area (Å²) in [6.45, 7) is 1.86. The topological polar surface area (TPSA) is 93.3 Å². The molecule has 0 unspecified atom stereocenters. The first kappa shape index (κ1) is 17.7. The number of nitrogens with one attached hydrogen (secondary N) is 3. The molecule has 21 heavy (non-hydrogen) atoms. The molecule has 0 aromatic rings. The van der Waals surface area contributed by atoms with Crippen molar-refractivity contribution in [1.29, 1.82) is 0 Å². The minimum atomic E-state index is -1.26. The van der Waals surface area contributed by atoms with Crippen molar-refractivity contribution < 1.29 is 14.7 Å². The maximum Gasteiger partial charge on any atom is 0.217 e. The van der Waals surface area contributed by atoms with Gasteiger partial charge in [-0.2, -0.15) is 0 Å². The fraction of sp³-hybridized carbons (Fsp3) is 0.786. The van der Waals surface area contributed by atoms with E-state index in [1.165, 1.54) is 26.2 Å². The zero-order valence-electron chi connectivity index (χ0n) is 12.4. The van der Waals surface area contributed by atoms with E-state index in [2.05, 4.69) is 16.0 Å². The number of rotatable bonds is 7. The van der Waals surface area contributed by atoms with Crippen LogP contribution in [-0.4, -0.2) is 35.6 Å². The summed E-state index contributed by atoms with van der Waals surface area (Å²) < 4.78 is 0. The van der Waals surface area contributed by atoms with Gasteiger partial charge >= 0.3 is 0 Å². The monoisotopic (exact) mass is 314 g/mol. The van der Waals surface area contributed by atoms with Gasteiger partial charge < -0.3 is 25.9 Å². The van der Waals surface area contributed by atoms with E-state index in [0.29, 0.717) is 30.5 Å². The van der Waals surface area contributed by atoms with Crippen LogP contribution in [0, 0.1) is 0 Å². The van der Waals surface area contributed by atoms with Crippen molar-refractivity contribution in [2.24, 2.45) is 0 Å². The highest BCUT2D eigenvalue weighted by atomic mass is 32.1. The molecule has 7 heteroatoms. The lowest BCUT2D eigenvalue weighted by Gasteiger charge is -2.24. The minimum absolute atomic E-state index is 0.320. The fourth-order valence-corrected chi connectivity index (χ4v) is 2.75. The molecule has 1 amide bonds. The molecule has 120 valence electrons. The molecule has 1 aliphatic rings. The molecule has 0 spiro atoms. The number of carbonyl (C=O) groups excluding carboxylic acids is 2. The number of thiocarbonyl (C=S) groups is 1. The van der Waals surface area contributed by atoms with Crippen LogP contribution in [0.1, 0.15) is 51.9 Å². The average Bonchev–Trinajstić information content (AvgIpc) is 2.42. The molecule has 1 aliphatic carbocycles. The molecule has 0 bridgehead atoms. The third kappa shape index (κ3) is 7.84. The summed E-state index contributed by atoms with van der Waals surface area (Å²) in [5.41, 5.74) is 0. The van der Waals surface area contributed by atoms with Gasteiger partial charge in [0.1, 0.15) is 0 Å². The summed E-state index contributed by atoms with van der Waals surface area (Å²) >= 11 is 5.21. The minimum Gasteiger partial charge on any atom is -0.548 e. The van der Waals surface area contributed by atoms with Crippen LogP contribution in [-0.2, 0) is 9.59 Å². The molecule has 0 aromatic carbocycles. The first-order valence-electron chi connectivity index (χ1n) is 7.51. The molecule has 0 saturated heterocycles. The van der Waals surface area contributed by atoms with Crippen molar-refractivity contribution in [3.8, 4) is 0 Å². The van der Waals surface area contributed by atoms with Crippen molar-refractivity contribution >= 4 is 29.2 Å². The Bertz CT molecular complexity index is 370. The number of aliphatic carboxylic acids is 1. The standard InChI is InChI=1S/C14H25N3O3S/c1-10(18)16-12(13(19)20)8-5-9-15-14(21)17-11-6-3-2-4-7-11/h11-12H,2-9H2,1H3,(H,16,18)(H,19,20)(H2,15,17,21)/p-1/t12-/m1/s1. The summed E-state index contributed by atoms with van der Waals surface area (Å²) in [7, 11) is 0. The molecular formula is C14H24N3O3S-. The van der Waals surface area contributed by atoms with Gasteiger partial charge in [-0.3, -0.25) is 4.79 Å². The predicted molar refractivity (Wildman–Crippen MR) is 82.5 cm³/mol. The molecule has 3 N–H and O–H groups in total. The van der Waals surface area contributed by atoms with Crippen molar-refractivity contribution in [3.63, 3.8) is 0 Å². The SMILES string of the molecule is CC(=O)N[C@H](CCCNC(=S)NC1CCCCC1)C(=O)[O-]. The molecule has 1 fully saturated rings. The van der Waals surface area contributed by atoms with Crippen LogP contribution in [0.15, 0.2) is 0 Å². The van der Waals surface area contributed by atoms with Gasteiger partial charge in [0.05, 0.1) is 12.0 Å². The zero-order chi connectivity index (χ0) is 15.7. The fourth-order valence-electron chi connectivity index (χ4n) is 2.49. The summed E-state index contributed by atoms with van der Waals surface area (Å²) in [6.07, 6.45) is 6.99. The van der Waals surface area contributed by atoms with E-state index in [9.17, 15) is 14.7 Å². The first-order valence-corrected chi connectivity index (χ1v) is 7.92. The third-order valence-corrected chi connectivity index (χ3v) is 3.82. The van der Waals surface area contributed by atoms with Gasteiger partial charge in [0.25, 0.3) is 0 Å². The lowest BCUT2D eigenvalue weighted by molar-refractivity contribution is -0.308. The predicted octanol–water partition coefficient (Wildman–Crippen LogP) is -0.182. The number of carbonyl (C=O) groups is 2. The van der Waals surface area contributed by atoms with Crippen LogP contribution in [0.4, 0.5) is 0 Å². The summed E-state index contributed by atoms with van der Waals surface area (Å²) in [6, 6.07) is -0.488. The van der Waals surface area contributed by atoms with Gasteiger partial charge in [0, 0.05) is 19.5 Å². The van der Waals surface area contributed by atoms with Crippen LogP contribution in [0.3, 0.4) is 0 Å². The van der Waals surface area contributed by atoms with Crippen molar-refractivity contribution in [2.75, 3.05) is 6.54 Å². The van der Waals surface area contributed by atoms with E-state index in [1.54, 1.807) is 0 Å². The van der Waals surface area contributed by atoms with Gasteiger partial charge in [-0.1, -0.05) is 19.3 Å². The number of carboxylic acid groups (broad SMARTS) is 1. The van der Waals surface area contributed by atoms with Crippen molar-refractivity contribution in [3.05, 3.63) is 0 Å². The van der Waals surface area contributed by atoms with Crippen LogP contribution in [0.25, 0.3) is 0 Å². The first-order chi connectivity index (χ1) is 9.99. The van der Waals surface area contributed by atoms with Gasteiger partial charge in [-0.05, 0) is 37.9 Å². The Hall–Kier alpha value is -1.37. The van der Waals surface area contributed by atoms with Gasteiger partial charge in [-0.15, -0.1) is 0 Å². The Morgan fingerprint density at radius 2 is 1.95 bits per heavy atom. The molecule has 6 nitrogen and oxygen atoms in total. The third-order valence-electron chi connectivity index (χ3n) is 3.56. The van der Waals surface area contributed by atoms with E-state index in [-0.39, 0.29) is 5.91 Å². The second kappa shape index (κ2) is 9.55. The molecule has 0 aromatic heterocycles. The van der Waals surface area contributed by atoms with Crippen LogP contribution in [0.5, 0.6) is 0 Å². The highest BCUT2D eigenvalue weighted by Gasteiger charge is 2.14. The molecule has 0 radical (unpaired) electrons. The highest BCUT2D eigenvalue weighted by molar-refractivity contribution is 7.80. The number of amides is 1. The largest absolute Gasteiger partial charge is 0.548 e. The van der Waals surface area contributed by atoms with Gasteiger partial charge in [0.2, 0.25) is 5.91 Å². The number of carboxylic acids is 1. The lowest BCUT2D eigenvalue weighted by atomic mass is 9.96. The van der Waals surface area contributed by atoms with Crippen LogP contribution in [0.2, 0.25) is 0 Å². The van der Waals surface area contributed by atoms with Crippen LogP contribution >= 0.6 is 12.2 Å². The number of hydrogen-bond donors (Lipinski definition) is 3. The Labute approximate surface area is 131 Å². The summed E-state index contributed by atoms with van der Waals surface area (Å²) in [4.78, 5) is 21.7. The Balaban J connectivity index is 2.15. The van der Waals surface area contributed by atoms with E-state index < -0.39 is 12.0 Å². The quantitative estimate of drug-likeness (QED) is 0.446. The molecule has 1 saturated carbocycles. The Morgan fingerprint density at radius 1 is 1.29 bits per heavy atom. The van der Waals surface area contributed by atoms with Gasteiger partial charge in [0.15, 0.2) is 5.11 Å². The van der Waals surface area contributed by atoms with Crippen molar-refractivity contribution in [1.82, 2.24) is 16.0 Å². The van der Waals surface area contributed by atoms with E-state index in [0.717, 1.165) is 12.8 Å². The normalized spacial score (nSPS) is 16.8. The Morgan fingerprint density at radius 3 is 2.52 bits per heavy atom. The van der Waals surface area contributed by atoms with E-state index in [1.807, 2.05) is 0 Å². The summed E-state index contributed by atoms with van der Waals surface area (Å²) in [5, 5.41) is 20.2. The molecular weight excluding hydrogens is 290 g/mol. The van der Waals surface area contributed by atoms with Crippen molar-refractivity contribution in [2.45, 2.75) is 64.0 Å². The lowest BCUT2D eigenvalue weighted by Crippen LogP contribution is -2.47. The molecule has 0 heterocycles. The average molecular weight is 314 g/mol. The maximum absolute atomic E-state index is 10.9.